The lowest BCUT2D eigenvalue weighted by molar-refractivity contribution is -0.138. The summed E-state index contributed by atoms with van der Waals surface area (Å²) in [5, 5.41) is 8.52. The second-order valence-electron chi connectivity index (χ2n) is 5.38. The first-order chi connectivity index (χ1) is 11.1. The molecule has 0 fully saturated rings. The van der Waals surface area contributed by atoms with Crippen molar-refractivity contribution >= 4 is 16.1 Å². The molecule has 0 saturated heterocycles. The van der Waals surface area contributed by atoms with Gasteiger partial charge in [0.05, 0.1) is 4.90 Å². The standard InChI is InChI=1S/C9H11NO2.C8H10O3S/c10-8(9(11)12)6-7-4-2-1-3-5-7;1-6-3-4-7(2)8(5-6)12(9,10)11/h1-5,8H,6,10H2,(H,11,12);3-5H,1-2H3,(H,9,10,11). The van der Waals surface area contributed by atoms with Crippen molar-refractivity contribution in [1.29, 1.82) is 0 Å². The summed E-state index contributed by atoms with van der Waals surface area (Å²) in [6.45, 7) is 3.41. The van der Waals surface area contributed by atoms with Crippen molar-refractivity contribution in [3.63, 3.8) is 0 Å². The van der Waals surface area contributed by atoms with Gasteiger partial charge in [-0.05, 0) is 43.0 Å². The van der Waals surface area contributed by atoms with Crippen molar-refractivity contribution in [3.05, 3.63) is 65.2 Å². The van der Waals surface area contributed by atoms with E-state index in [1.165, 1.54) is 6.07 Å². The summed E-state index contributed by atoms with van der Waals surface area (Å²) in [5.74, 6) is -0.959. The molecule has 130 valence electrons. The Morgan fingerprint density at radius 3 is 2.17 bits per heavy atom. The predicted molar refractivity (Wildman–Crippen MR) is 91.5 cm³/mol. The molecule has 0 aliphatic heterocycles. The molecule has 2 aromatic carbocycles. The van der Waals surface area contributed by atoms with E-state index in [0.29, 0.717) is 12.0 Å². The van der Waals surface area contributed by atoms with Gasteiger partial charge in [-0.15, -0.1) is 0 Å². The number of rotatable bonds is 4. The van der Waals surface area contributed by atoms with E-state index in [1.807, 2.05) is 30.3 Å². The molecule has 0 aliphatic rings. The van der Waals surface area contributed by atoms with Gasteiger partial charge in [-0.1, -0.05) is 42.5 Å². The Hall–Kier alpha value is -2.22. The van der Waals surface area contributed by atoms with Gasteiger partial charge in [-0.2, -0.15) is 8.42 Å². The number of carboxylic acid groups (broad SMARTS) is 1. The molecule has 4 N–H and O–H groups in total. The molecule has 0 bridgehead atoms. The van der Waals surface area contributed by atoms with Crippen LogP contribution in [-0.4, -0.2) is 30.1 Å². The van der Waals surface area contributed by atoms with Crippen molar-refractivity contribution in [1.82, 2.24) is 0 Å². The maximum atomic E-state index is 10.8. The number of nitrogens with two attached hydrogens (primary N) is 1. The van der Waals surface area contributed by atoms with Crippen molar-refractivity contribution in [3.8, 4) is 0 Å². The minimum atomic E-state index is -4.06. The highest BCUT2D eigenvalue weighted by Gasteiger charge is 2.12. The van der Waals surface area contributed by atoms with Crippen molar-refractivity contribution in [2.75, 3.05) is 0 Å². The zero-order valence-electron chi connectivity index (χ0n) is 13.5. The number of carboxylic acids is 1. The van der Waals surface area contributed by atoms with Gasteiger partial charge in [0.1, 0.15) is 6.04 Å². The SMILES string of the molecule is Cc1ccc(C)c(S(=O)(=O)O)c1.NC(Cc1ccccc1)C(=O)O. The monoisotopic (exact) mass is 351 g/mol. The van der Waals surface area contributed by atoms with Crippen LogP contribution in [0.4, 0.5) is 0 Å². The quantitative estimate of drug-likeness (QED) is 0.727. The molecule has 2 aromatic rings. The first-order valence-electron chi connectivity index (χ1n) is 7.18. The molecule has 24 heavy (non-hydrogen) atoms. The van der Waals surface area contributed by atoms with Gasteiger partial charge in [0.2, 0.25) is 0 Å². The third-order valence-corrected chi connectivity index (χ3v) is 4.23. The lowest BCUT2D eigenvalue weighted by atomic mass is 10.1. The van der Waals surface area contributed by atoms with Gasteiger partial charge in [0.25, 0.3) is 10.1 Å². The molecule has 1 atom stereocenters. The first-order valence-corrected chi connectivity index (χ1v) is 8.62. The van der Waals surface area contributed by atoms with E-state index in [1.54, 1.807) is 26.0 Å². The average Bonchev–Trinajstić information content (AvgIpc) is 2.50. The summed E-state index contributed by atoms with van der Waals surface area (Å²) in [4.78, 5) is 10.4. The zero-order valence-corrected chi connectivity index (χ0v) is 14.3. The fraction of sp³-hybridized carbons (Fsp3) is 0.235. The molecule has 6 nitrogen and oxygen atoms in total. The Balaban J connectivity index is 0.000000240. The number of benzene rings is 2. The Kier molecular flexibility index (Phi) is 7.09. The molecular weight excluding hydrogens is 330 g/mol. The Labute approximate surface area is 141 Å². The molecule has 1 unspecified atom stereocenters. The minimum absolute atomic E-state index is 0.0116. The highest BCUT2D eigenvalue weighted by Crippen LogP contribution is 2.15. The summed E-state index contributed by atoms with van der Waals surface area (Å²) >= 11 is 0. The molecule has 0 amide bonds. The zero-order chi connectivity index (χ0) is 18.3. The highest BCUT2D eigenvalue weighted by atomic mass is 32.2. The smallest absolute Gasteiger partial charge is 0.320 e. The molecular formula is C17H21NO5S. The molecule has 0 aromatic heterocycles. The molecule has 0 heterocycles. The van der Waals surface area contributed by atoms with E-state index in [9.17, 15) is 13.2 Å². The van der Waals surface area contributed by atoms with Gasteiger partial charge in [-0.25, -0.2) is 0 Å². The maximum Gasteiger partial charge on any atom is 0.320 e. The van der Waals surface area contributed by atoms with Crippen LogP contribution in [0.1, 0.15) is 16.7 Å². The summed E-state index contributed by atoms with van der Waals surface area (Å²) in [7, 11) is -4.06. The third-order valence-electron chi connectivity index (χ3n) is 3.24. The summed E-state index contributed by atoms with van der Waals surface area (Å²) in [5.41, 5.74) is 7.67. The van der Waals surface area contributed by atoms with Gasteiger partial charge >= 0.3 is 5.97 Å². The molecule has 2 rings (SSSR count). The van der Waals surface area contributed by atoms with Crippen LogP contribution in [0.5, 0.6) is 0 Å². The average molecular weight is 351 g/mol. The van der Waals surface area contributed by atoms with Crippen LogP contribution in [0.2, 0.25) is 0 Å². The number of aliphatic carboxylic acids is 1. The normalized spacial score (nSPS) is 12.0. The lowest BCUT2D eigenvalue weighted by Crippen LogP contribution is -2.32. The van der Waals surface area contributed by atoms with Crippen molar-refractivity contribution < 1.29 is 22.9 Å². The molecule has 0 aliphatic carbocycles. The van der Waals surface area contributed by atoms with Gasteiger partial charge in [0, 0.05) is 0 Å². The molecule has 7 heteroatoms. The number of carbonyl (C=O) groups is 1. The number of hydrogen-bond acceptors (Lipinski definition) is 4. The van der Waals surface area contributed by atoms with E-state index in [0.717, 1.165) is 11.1 Å². The second kappa shape index (κ2) is 8.58. The third kappa shape index (κ3) is 6.49. The lowest BCUT2D eigenvalue weighted by Gasteiger charge is -2.04. The largest absolute Gasteiger partial charge is 0.480 e. The van der Waals surface area contributed by atoms with Crippen LogP contribution in [0, 0.1) is 13.8 Å². The van der Waals surface area contributed by atoms with Crippen LogP contribution in [0.15, 0.2) is 53.4 Å². The van der Waals surface area contributed by atoms with Crippen LogP contribution in [-0.2, 0) is 21.3 Å². The fourth-order valence-electron chi connectivity index (χ4n) is 1.94. The molecule has 0 spiro atoms. The minimum Gasteiger partial charge on any atom is -0.480 e. The summed E-state index contributed by atoms with van der Waals surface area (Å²) < 4.78 is 30.3. The Morgan fingerprint density at radius 2 is 1.71 bits per heavy atom. The number of hydrogen-bond donors (Lipinski definition) is 3. The van der Waals surface area contributed by atoms with Crippen LogP contribution >= 0.6 is 0 Å². The van der Waals surface area contributed by atoms with E-state index < -0.39 is 22.1 Å². The predicted octanol–water partition coefficient (Wildman–Crippen LogP) is 2.19. The van der Waals surface area contributed by atoms with Crippen LogP contribution in [0.25, 0.3) is 0 Å². The highest BCUT2D eigenvalue weighted by molar-refractivity contribution is 7.85. The van der Waals surface area contributed by atoms with Crippen molar-refractivity contribution in [2.45, 2.75) is 31.2 Å². The van der Waals surface area contributed by atoms with Crippen LogP contribution < -0.4 is 5.73 Å². The van der Waals surface area contributed by atoms with E-state index >= 15 is 0 Å². The Morgan fingerprint density at radius 1 is 1.12 bits per heavy atom. The van der Waals surface area contributed by atoms with E-state index in [-0.39, 0.29) is 4.90 Å². The fourth-order valence-corrected chi connectivity index (χ4v) is 2.75. The number of aryl methyl sites for hydroxylation is 2. The van der Waals surface area contributed by atoms with Gasteiger partial charge < -0.3 is 10.8 Å². The summed E-state index contributed by atoms with van der Waals surface area (Å²) in [6.07, 6.45) is 0.385. The maximum absolute atomic E-state index is 10.8. The topological polar surface area (TPSA) is 118 Å². The summed E-state index contributed by atoms with van der Waals surface area (Å²) in [6, 6.07) is 13.5. The van der Waals surface area contributed by atoms with E-state index in [4.69, 9.17) is 15.4 Å². The van der Waals surface area contributed by atoms with E-state index in [2.05, 4.69) is 0 Å². The second-order valence-corrected chi connectivity index (χ2v) is 6.77. The molecule has 0 radical (unpaired) electrons. The first kappa shape index (κ1) is 19.8. The van der Waals surface area contributed by atoms with Crippen LogP contribution in [0.3, 0.4) is 0 Å². The van der Waals surface area contributed by atoms with Crippen molar-refractivity contribution in [2.24, 2.45) is 5.73 Å². The van der Waals surface area contributed by atoms with Gasteiger partial charge in [0.15, 0.2) is 0 Å². The molecule has 0 saturated carbocycles. The Bertz CT molecular complexity index is 788. The van der Waals surface area contributed by atoms with Gasteiger partial charge in [-0.3, -0.25) is 9.35 Å².